The summed E-state index contributed by atoms with van der Waals surface area (Å²) in [5.41, 5.74) is 4.13. The van der Waals surface area contributed by atoms with Crippen LogP contribution in [0.3, 0.4) is 0 Å². The van der Waals surface area contributed by atoms with E-state index in [9.17, 15) is 4.79 Å². The van der Waals surface area contributed by atoms with Crippen molar-refractivity contribution in [2.75, 3.05) is 0 Å². The Balaban J connectivity index is 1.69. The molecule has 1 N–H and O–H groups in total. The van der Waals surface area contributed by atoms with Crippen LogP contribution in [-0.2, 0) is 6.54 Å². The Hall–Kier alpha value is -2.95. The second-order valence-electron chi connectivity index (χ2n) is 6.85. The van der Waals surface area contributed by atoms with E-state index >= 15 is 0 Å². The van der Waals surface area contributed by atoms with E-state index in [4.69, 9.17) is 0 Å². The summed E-state index contributed by atoms with van der Waals surface area (Å²) in [5.74, 6) is 0.197. The zero-order valence-corrected chi connectivity index (χ0v) is 15.4. The lowest BCUT2D eigenvalue weighted by molar-refractivity contribution is 0.0918. The maximum absolute atomic E-state index is 12.6. The topological polar surface area (TPSA) is 59.8 Å². The van der Waals surface area contributed by atoms with Crippen LogP contribution in [0.15, 0.2) is 60.9 Å². The summed E-state index contributed by atoms with van der Waals surface area (Å²) in [4.78, 5) is 14.2. The van der Waals surface area contributed by atoms with Gasteiger partial charge in [0.1, 0.15) is 0 Å². The maximum Gasteiger partial charge on any atom is 0.251 e. The van der Waals surface area contributed by atoms with Crippen LogP contribution < -0.4 is 5.32 Å². The van der Waals surface area contributed by atoms with Crippen molar-refractivity contribution in [2.45, 2.75) is 33.4 Å². The normalized spacial score (nSPS) is 12.2. The van der Waals surface area contributed by atoms with Gasteiger partial charge in [-0.15, -0.1) is 0 Å². The number of carbonyl (C=O) groups excluding carboxylic acids is 1. The van der Waals surface area contributed by atoms with Gasteiger partial charge in [0.15, 0.2) is 0 Å². The third-order valence-electron chi connectivity index (χ3n) is 4.48. The predicted octanol–water partition coefficient (Wildman–Crippen LogP) is 3.71. The van der Waals surface area contributed by atoms with Gasteiger partial charge in [-0.3, -0.25) is 4.79 Å². The van der Waals surface area contributed by atoms with Crippen LogP contribution in [-0.4, -0.2) is 26.9 Å². The molecule has 1 heterocycles. The van der Waals surface area contributed by atoms with Crippen LogP contribution in [0.2, 0.25) is 0 Å². The minimum atomic E-state index is -0.0775. The first kappa shape index (κ1) is 17.9. The molecule has 1 aromatic heterocycles. The Morgan fingerprint density at radius 1 is 0.962 bits per heavy atom. The molecular weight excluding hydrogens is 324 g/mol. The molecule has 0 aliphatic rings. The average Bonchev–Trinajstić information content (AvgIpc) is 3.15. The van der Waals surface area contributed by atoms with Crippen LogP contribution in [0.4, 0.5) is 0 Å². The highest BCUT2D eigenvalue weighted by Gasteiger charge is 2.18. The van der Waals surface area contributed by atoms with E-state index in [0.717, 1.165) is 11.1 Å². The Bertz CT molecular complexity index is 837. The zero-order chi connectivity index (χ0) is 18.5. The van der Waals surface area contributed by atoms with Crippen molar-refractivity contribution in [3.05, 3.63) is 72.1 Å². The van der Waals surface area contributed by atoms with Gasteiger partial charge in [0.2, 0.25) is 0 Å². The number of hydrogen-bond donors (Lipinski definition) is 1. The SMILES string of the molecule is Cc1ccc(-c2ccc(C(=O)NC(Cn3nccn3)C(C)C)cc2)cc1. The number of rotatable bonds is 6. The molecule has 0 radical (unpaired) electrons. The van der Waals surface area contributed by atoms with E-state index in [2.05, 4.69) is 60.6 Å². The number of aromatic nitrogens is 3. The van der Waals surface area contributed by atoms with Crippen molar-refractivity contribution in [1.82, 2.24) is 20.3 Å². The van der Waals surface area contributed by atoms with E-state index in [0.29, 0.717) is 12.1 Å². The minimum absolute atomic E-state index is 0.0355. The molecule has 5 nitrogen and oxygen atoms in total. The standard InChI is InChI=1S/C21H24N4O/c1-15(2)20(14-25-22-12-13-23-25)24-21(26)19-10-8-18(9-11-19)17-6-4-16(3)5-7-17/h4-13,15,20H,14H2,1-3H3,(H,24,26). The molecule has 1 unspecified atom stereocenters. The molecule has 2 aromatic carbocycles. The Morgan fingerprint density at radius 3 is 2.04 bits per heavy atom. The molecule has 5 heteroatoms. The smallest absolute Gasteiger partial charge is 0.251 e. The van der Waals surface area contributed by atoms with Gasteiger partial charge in [-0.1, -0.05) is 55.8 Å². The third-order valence-corrected chi connectivity index (χ3v) is 4.48. The van der Waals surface area contributed by atoms with E-state index < -0.39 is 0 Å². The lowest BCUT2D eigenvalue weighted by Gasteiger charge is -2.22. The van der Waals surface area contributed by atoms with Crippen LogP contribution in [0, 0.1) is 12.8 Å². The van der Waals surface area contributed by atoms with Gasteiger partial charge >= 0.3 is 0 Å². The molecule has 0 saturated heterocycles. The fourth-order valence-corrected chi connectivity index (χ4v) is 2.75. The van der Waals surface area contributed by atoms with Gasteiger partial charge in [0, 0.05) is 5.56 Å². The van der Waals surface area contributed by atoms with Gasteiger partial charge in [-0.05, 0) is 36.1 Å². The summed E-state index contributed by atoms with van der Waals surface area (Å²) in [6, 6.07) is 16.0. The first-order valence-corrected chi connectivity index (χ1v) is 8.85. The van der Waals surface area contributed by atoms with Gasteiger partial charge in [0.05, 0.1) is 25.0 Å². The summed E-state index contributed by atoms with van der Waals surface area (Å²) in [6.45, 7) is 6.78. The molecule has 3 aromatic rings. The van der Waals surface area contributed by atoms with Gasteiger partial charge in [0.25, 0.3) is 5.91 Å². The molecule has 0 bridgehead atoms. The average molecular weight is 348 g/mol. The summed E-state index contributed by atoms with van der Waals surface area (Å²) in [7, 11) is 0. The molecule has 1 amide bonds. The quantitative estimate of drug-likeness (QED) is 0.739. The first-order chi connectivity index (χ1) is 12.5. The number of aryl methyl sites for hydroxylation is 1. The number of benzene rings is 2. The highest BCUT2D eigenvalue weighted by atomic mass is 16.1. The molecule has 0 fully saturated rings. The molecule has 3 rings (SSSR count). The van der Waals surface area contributed by atoms with Crippen molar-refractivity contribution in [3.63, 3.8) is 0 Å². The highest BCUT2D eigenvalue weighted by molar-refractivity contribution is 5.94. The van der Waals surface area contributed by atoms with Gasteiger partial charge in [-0.25, -0.2) is 0 Å². The van der Waals surface area contributed by atoms with Crippen molar-refractivity contribution in [3.8, 4) is 11.1 Å². The summed E-state index contributed by atoms with van der Waals surface area (Å²) >= 11 is 0. The molecular formula is C21H24N4O. The van der Waals surface area contributed by atoms with Crippen molar-refractivity contribution < 1.29 is 4.79 Å². The monoisotopic (exact) mass is 348 g/mol. The van der Waals surface area contributed by atoms with Crippen LogP contribution in [0.5, 0.6) is 0 Å². The fourth-order valence-electron chi connectivity index (χ4n) is 2.75. The van der Waals surface area contributed by atoms with Crippen molar-refractivity contribution in [2.24, 2.45) is 5.92 Å². The highest BCUT2D eigenvalue weighted by Crippen LogP contribution is 2.20. The lowest BCUT2D eigenvalue weighted by atomic mass is 10.0. The van der Waals surface area contributed by atoms with Crippen molar-refractivity contribution in [1.29, 1.82) is 0 Å². The van der Waals surface area contributed by atoms with Crippen molar-refractivity contribution >= 4 is 5.91 Å². The van der Waals surface area contributed by atoms with Gasteiger partial charge < -0.3 is 5.32 Å². The second-order valence-corrected chi connectivity index (χ2v) is 6.85. The summed E-state index contributed by atoms with van der Waals surface area (Å²) in [6.07, 6.45) is 3.28. The predicted molar refractivity (Wildman–Crippen MR) is 103 cm³/mol. The van der Waals surface area contributed by atoms with Crippen LogP contribution in [0.1, 0.15) is 29.8 Å². The van der Waals surface area contributed by atoms with Gasteiger partial charge in [-0.2, -0.15) is 15.0 Å². The number of amides is 1. The second kappa shape index (κ2) is 7.95. The lowest BCUT2D eigenvalue weighted by Crippen LogP contribution is -2.42. The third kappa shape index (κ3) is 4.36. The Labute approximate surface area is 154 Å². The number of nitrogens with zero attached hydrogens (tertiary/aromatic N) is 3. The zero-order valence-electron chi connectivity index (χ0n) is 15.4. The van der Waals surface area contributed by atoms with E-state index in [1.807, 2.05) is 24.3 Å². The summed E-state index contributed by atoms with van der Waals surface area (Å²) < 4.78 is 0. The Kier molecular flexibility index (Phi) is 5.46. The molecule has 1 atom stereocenters. The molecule has 0 spiro atoms. The number of nitrogens with one attached hydrogen (secondary N) is 1. The van der Waals surface area contributed by atoms with Crippen LogP contribution in [0.25, 0.3) is 11.1 Å². The minimum Gasteiger partial charge on any atom is -0.347 e. The maximum atomic E-state index is 12.6. The first-order valence-electron chi connectivity index (χ1n) is 8.85. The number of carbonyl (C=O) groups is 1. The molecule has 134 valence electrons. The summed E-state index contributed by atoms with van der Waals surface area (Å²) in [5, 5.41) is 11.3. The number of hydrogen-bond acceptors (Lipinski definition) is 3. The molecule has 0 saturated carbocycles. The molecule has 0 aliphatic carbocycles. The molecule has 26 heavy (non-hydrogen) atoms. The fraction of sp³-hybridized carbons (Fsp3) is 0.286. The van der Waals surface area contributed by atoms with E-state index in [-0.39, 0.29) is 17.9 Å². The Morgan fingerprint density at radius 2 is 1.50 bits per heavy atom. The largest absolute Gasteiger partial charge is 0.347 e. The van der Waals surface area contributed by atoms with Crippen LogP contribution >= 0.6 is 0 Å². The molecule has 0 aliphatic heterocycles. The van der Waals surface area contributed by atoms with E-state index in [1.165, 1.54) is 5.56 Å². The van der Waals surface area contributed by atoms with E-state index in [1.54, 1.807) is 17.2 Å².